The lowest BCUT2D eigenvalue weighted by Crippen LogP contribution is -2.50. The summed E-state index contributed by atoms with van der Waals surface area (Å²) in [5.74, 6) is 0.258. The number of hydrogen-bond acceptors (Lipinski definition) is 3. The van der Waals surface area contributed by atoms with Gasteiger partial charge in [-0.3, -0.25) is 0 Å². The van der Waals surface area contributed by atoms with Crippen LogP contribution >= 0.6 is 0 Å². The van der Waals surface area contributed by atoms with Crippen molar-refractivity contribution in [2.45, 2.75) is 51.1 Å². The third-order valence-corrected chi connectivity index (χ3v) is 2.83. The molecule has 1 unspecified atom stereocenters. The summed E-state index contributed by atoms with van der Waals surface area (Å²) in [4.78, 5) is 0. The number of hydrogen-bond donors (Lipinski definition) is 3. The smallest absolute Gasteiger partial charge is 0.156 e. The third kappa shape index (κ3) is 2.59. The van der Waals surface area contributed by atoms with Crippen molar-refractivity contribution in [2.24, 2.45) is 10.9 Å². The van der Waals surface area contributed by atoms with Crippen LogP contribution in [0.1, 0.15) is 39.5 Å². The van der Waals surface area contributed by atoms with Crippen LogP contribution in [0.3, 0.4) is 0 Å². The average molecular weight is 185 g/mol. The van der Waals surface area contributed by atoms with Gasteiger partial charge in [0.2, 0.25) is 0 Å². The summed E-state index contributed by atoms with van der Waals surface area (Å²) >= 11 is 0. The zero-order valence-electron chi connectivity index (χ0n) is 8.38. The van der Waals surface area contributed by atoms with Gasteiger partial charge in [0.05, 0.1) is 6.04 Å². The van der Waals surface area contributed by atoms with Crippen LogP contribution in [0.5, 0.6) is 0 Å². The molecule has 1 atom stereocenters. The quantitative estimate of drug-likeness (QED) is 0.266. The van der Waals surface area contributed by atoms with Gasteiger partial charge in [-0.2, -0.15) is 0 Å². The van der Waals surface area contributed by atoms with E-state index >= 15 is 0 Å². The molecule has 0 aromatic carbocycles. The van der Waals surface area contributed by atoms with E-state index in [1.807, 2.05) is 6.92 Å². The van der Waals surface area contributed by atoms with Crippen molar-refractivity contribution in [3.63, 3.8) is 0 Å². The van der Waals surface area contributed by atoms with E-state index in [1.54, 1.807) is 0 Å². The molecule has 0 spiro atoms. The lowest BCUT2D eigenvalue weighted by atomic mass is 9.99. The molecule has 0 aliphatic heterocycles. The Bertz CT molecular complexity index is 197. The van der Waals surface area contributed by atoms with E-state index in [2.05, 4.69) is 17.4 Å². The number of amidine groups is 1. The normalized spacial score (nSPS) is 24.6. The van der Waals surface area contributed by atoms with E-state index < -0.39 is 0 Å². The fraction of sp³-hybridized carbons (Fsp3) is 0.889. The highest BCUT2D eigenvalue weighted by Gasteiger charge is 2.30. The van der Waals surface area contributed by atoms with Gasteiger partial charge in [0.1, 0.15) is 0 Å². The van der Waals surface area contributed by atoms with E-state index in [0.717, 1.165) is 0 Å². The fourth-order valence-electron chi connectivity index (χ4n) is 1.98. The number of oxime groups is 1. The van der Waals surface area contributed by atoms with Crippen molar-refractivity contribution in [3.8, 4) is 0 Å². The second-order valence-corrected chi connectivity index (χ2v) is 4.16. The van der Waals surface area contributed by atoms with Crippen molar-refractivity contribution < 1.29 is 5.21 Å². The van der Waals surface area contributed by atoms with E-state index in [4.69, 9.17) is 10.9 Å². The van der Waals surface area contributed by atoms with Gasteiger partial charge < -0.3 is 16.3 Å². The van der Waals surface area contributed by atoms with Crippen LogP contribution in [0.25, 0.3) is 0 Å². The number of rotatable bonds is 3. The molecular formula is C9H19N3O. The molecule has 1 aliphatic rings. The Balaban J connectivity index is 2.47. The molecule has 0 bridgehead atoms. The Labute approximate surface area is 79.2 Å². The van der Waals surface area contributed by atoms with Crippen LogP contribution in [0.4, 0.5) is 0 Å². The van der Waals surface area contributed by atoms with Crippen LogP contribution in [0.2, 0.25) is 0 Å². The lowest BCUT2D eigenvalue weighted by molar-refractivity contribution is 0.307. The van der Waals surface area contributed by atoms with Gasteiger partial charge in [-0.05, 0) is 26.7 Å². The maximum Gasteiger partial charge on any atom is 0.156 e. The van der Waals surface area contributed by atoms with Gasteiger partial charge in [0.25, 0.3) is 0 Å². The Morgan fingerprint density at radius 3 is 2.54 bits per heavy atom. The largest absolute Gasteiger partial charge is 0.409 e. The molecule has 13 heavy (non-hydrogen) atoms. The fourth-order valence-corrected chi connectivity index (χ4v) is 1.98. The summed E-state index contributed by atoms with van der Waals surface area (Å²) in [6.45, 7) is 4.11. The zero-order chi connectivity index (χ0) is 9.90. The van der Waals surface area contributed by atoms with Crippen molar-refractivity contribution in [1.82, 2.24) is 5.32 Å². The molecule has 0 aromatic heterocycles. The molecule has 0 saturated heterocycles. The van der Waals surface area contributed by atoms with Gasteiger partial charge >= 0.3 is 0 Å². The summed E-state index contributed by atoms with van der Waals surface area (Å²) in [7, 11) is 0. The van der Waals surface area contributed by atoms with E-state index in [0.29, 0.717) is 0 Å². The molecule has 0 amide bonds. The number of nitrogens with zero attached hydrogens (tertiary/aromatic N) is 1. The molecular weight excluding hydrogens is 166 g/mol. The van der Waals surface area contributed by atoms with Crippen LogP contribution in [0.15, 0.2) is 5.16 Å². The van der Waals surface area contributed by atoms with Crippen molar-refractivity contribution in [1.29, 1.82) is 0 Å². The summed E-state index contributed by atoms with van der Waals surface area (Å²) in [6.07, 6.45) is 4.89. The predicted octanol–water partition coefficient (Wildman–Crippen LogP) is 1.04. The molecule has 4 N–H and O–H groups in total. The first-order valence-electron chi connectivity index (χ1n) is 4.82. The van der Waals surface area contributed by atoms with Gasteiger partial charge in [0.15, 0.2) is 5.84 Å². The van der Waals surface area contributed by atoms with E-state index in [1.165, 1.54) is 25.7 Å². The lowest BCUT2D eigenvalue weighted by Gasteiger charge is -2.29. The summed E-state index contributed by atoms with van der Waals surface area (Å²) in [5.41, 5.74) is 5.67. The van der Waals surface area contributed by atoms with Crippen LogP contribution in [0, 0.1) is 0 Å². The Morgan fingerprint density at radius 2 is 2.08 bits per heavy atom. The zero-order valence-corrected chi connectivity index (χ0v) is 8.38. The standard InChI is InChI=1S/C9H19N3O/c1-7(8(10)12-13)11-9(2)5-3-4-6-9/h7,11,13H,3-6H2,1-2H3,(H2,10,12). The van der Waals surface area contributed by atoms with Crippen molar-refractivity contribution in [3.05, 3.63) is 0 Å². The second kappa shape index (κ2) is 3.96. The number of nitrogens with two attached hydrogens (primary N) is 1. The maximum atomic E-state index is 8.49. The monoisotopic (exact) mass is 185 g/mol. The molecule has 1 fully saturated rings. The van der Waals surface area contributed by atoms with Gasteiger partial charge in [-0.1, -0.05) is 18.0 Å². The van der Waals surface area contributed by atoms with Crippen molar-refractivity contribution >= 4 is 5.84 Å². The molecule has 1 saturated carbocycles. The first kappa shape index (κ1) is 10.3. The topological polar surface area (TPSA) is 70.6 Å². The summed E-state index contributed by atoms with van der Waals surface area (Å²) in [5, 5.41) is 14.9. The second-order valence-electron chi connectivity index (χ2n) is 4.16. The first-order chi connectivity index (χ1) is 6.07. The molecule has 4 heteroatoms. The van der Waals surface area contributed by atoms with Gasteiger partial charge in [0, 0.05) is 5.54 Å². The molecule has 4 nitrogen and oxygen atoms in total. The average Bonchev–Trinajstić information content (AvgIpc) is 2.50. The minimum Gasteiger partial charge on any atom is -0.409 e. The first-order valence-corrected chi connectivity index (χ1v) is 4.82. The van der Waals surface area contributed by atoms with Gasteiger partial charge in [-0.15, -0.1) is 0 Å². The Morgan fingerprint density at radius 1 is 1.54 bits per heavy atom. The summed E-state index contributed by atoms with van der Waals surface area (Å²) < 4.78 is 0. The molecule has 1 rings (SSSR count). The molecule has 0 aromatic rings. The third-order valence-electron chi connectivity index (χ3n) is 2.83. The van der Waals surface area contributed by atoms with Gasteiger partial charge in [-0.25, -0.2) is 0 Å². The summed E-state index contributed by atoms with van der Waals surface area (Å²) in [6, 6.07) is -0.0481. The minimum absolute atomic E-state index is 0.0481. The molecule has 1 aliphatic carbocycles. The highest BCUT2D eigenvalue weighted by molar-refractivity contribution is 5.84. The minimum atomic E-state index is -0.0481. The van der Waals surface area contributed by atoms with E-state index in [-0.39, 0.29) is 17.4 Å². The van der Waals surface area contributed by atoms with E-state index in [9.17, 15) is 0 Å². The van der Waals surface area contributed by atoms with Crippen LogP contribution in [-0.2, 0) is 0 Å². The Kier molecular flexibility index (Phi) is 3.14. The van der Waals surface area contributed by atoms with Crippen LogP contribution < -0.4 is 11.1 Å². The molecule has 0 heterocycles. The number of nitrogens with one attached hydrogen (secondary N) is 1. The highest BCUT2D eigenvalue weighted by Crippen LogP contribution is 2.29. The SMILES string of the molecule is CC(NC1(C)CCCC1)C(N)=NO. The highest BCUT2D eigenvalue weighted by atomic mass is 16.4. The van der Waals surface area contributed by atoms with Crippen LogP contribution in [-0.4, -0.2) is 22.6 Å². The molecule has 0 radical (unpaired) electrons. The Hall–Kier alpha value is -0.770. The van der Waals surface area contributed by atoms with Crippen molar-refractivity contribution in [2.75, 3.05) is 0 Å². The maximum absolute atomic E-state index is 8.49. The predicted molar refractivity (Wildman–Crippen MR) is 52.9 cm³/mol. The molecule has 76 valence electrons.